The van der Waals surface area contributed by atoms with Crippen LogP contribution in [0.25, 0.3) is 83.6 Å². The van der Waals surface area contributed by atoms with E-state index in [1.54, 1.807) is 6.07 Å². The first kappa shape index (κ1) is 34.0. The number of halogens is 3. The maximum absolute atomic E-state index is 14.4. The van der Waals surface area contributed by atoms with E-state index in [0.717, 1.165) is 78.2 Å². The molecular weight excluding hydrogens is 688 g/mol. The smallest absolute Gasteiger partial charge is 0.308 e. The zero-order valence-electron chi connectivity index (χ0n) is 30.1. The molecule has 0 radical (unpaired) electrons. The van der Waals surface area contributed by atoms with Gasteiger partial charge in [-0.25, -0.2) is 9.97 Å². The molecule has 2 aromatic heterocycles. The predicted molar refractivity (Wildman–Crippen MR) is 218 cm³/mol. The number of rotatable bonds is 6. The first-order chi connectivity index (χ1) is 26.7. The number of benzene rings is 7. The molecule has 3 nitrogen and oxygen atoms in total. The molecule has 0 amide bonds. The van der Waals surface area contributed by atoms with Crippen LogP contribution in [0.3, 0.4) is 0 Å². The molecule has 0 aliphatic heterocycles. The van der Waals surface area contributed by atoms with Crippen LogP contribution in [0.15, 0.2) is 170 Å². The molecule has 9 rings (SSSR count). The molecule has 0 spiro atoms. The third-order valence-electron chi connectivity index (χ3n) is 10.1. The third kappa shape index (κ3) is 6.36. The summed E-state index contributed by atoms with van der Waals surface area (Å²) in [6, 6.07) is 54.3. The number of aromatic nitrogens is 3. The Morgan fingerprint density at radius 1 is 0.436 bits per heavy atom. The van der Waals surface area contributed by atoms with Gasteiger partial charge in [0.15, 0.2) is 5.82 Å². The van der Waals surface area contributed by atoms with Crippen molar-refractivity contribution in [1.29, 1.82) is 0 Å². The molecule has 55 heavy (non-hydrogen) atoms. The second-order valence-corrected chi connectivity index (χ2v) is 13.9. The Balaban J connectivity index is 1.43. The molecule has 9 aromatic rings. The van der Waals surface area contributed by atoms with Crippen molar-refractivity contribution in [1.82, 2.24) is 14.5 Å². The average molecular weight is 722 g/mol. The lowest BCUT2D eigenvalue weighted by Gasteiger charge is -2.22. The minimum Gasteiger partial charge on any atom is -0.308 e. The molecule has 2 heterocycles. The summed E-state index contributed by atoms with van der Waals surface area (Å²) < 4.78 is 45.5. The summed E-state index contributed by atoms with van der Waals surface area (Å²) in [5, 5.41) is 2.13. The SMILES string of the molecule is Cc1cccc(-c2cc(-c3cc(-c4ccccc4)nc(-c4ccccc4)n3)cc(-c3cccc(C(F)(F)F)c3)c2-n2c3ccccc3c3cc(C)ccc32)c1. The highest BCUT2D eigenvalue weighted by atomic mass is 19.4. The summed E-state index contributed by atoms with van der Waals surface area (Å²) in [5.41, 5.74) is 11.0. The van der Waals surface area contributed by atoms with Crippen molar-refractivity contribution in [2.24, 2.45) is 0 Å². The summed E-state index contributed by atoms with van der Waals surface area (Å²) in [6.45, 7) is 4.12. The van der Waals surface area contributed by atoms with Gasteiger partial charge in [-0.3, -0.25) is 0 Å². The summed E-state index contributed by atoms with van der Waals surface area (Å²) >= 11 is 0. The summed E-state index contributed by atoms with van der Waals surface area (Å²) in [7, 11) is 0. The van der Waals surface area contributed by atoms with Gasteiger partial charge in [0.2, 0.25) is 0 Å². The Labute approximate surface area is 317 Å². The van der Waals surface area contributed by atoms with Crippen molar-refractivity contribution in [2.45, 2.75) is 20.0 Å². The quantitative estimate of drug-likeness (QED) is 0.171. The first-order valence-electron chi connectivity index (χ1n) is 18.1. The molecule has 0 saturated carbocycles. The van der Waals surface area contributed by atoms with Crippen molar-refractivity contribution in [3.05, 3.63) is 187 Å². The lowest BCUT2D eigenvalue weighted by Crippen LogP contribution is -2.06. The number of para-hydroxylation sites is 1. The fourth-order valence-electron chi connectivity index (χ4n) is 7.53. The van der Waals surface area contributed by atoms with E-state index < -0.39 is 11.7 Å². The molecule has 6 heteroatoms. The molecule has 0 unspecified atom stereocenters. The van der Waals surface area contributed by atoms with Crippen LogP contribution in [-0.4, -0.2) is 14.5 Å². The Morgan fingerprint density at radius 2 is 1.00 bits per heavy atom. The molecular formula is C49H34F3N3. The predicted octanol–water partition coefficient (Wildman–Crippen LogP) is 13.5. The zero-order chi connectivity index (χ0) is 37.7. The fraction of sp³-hybridized carbons (Fsp3) is 0.0612. The van der Waals surface area contributed by atoms with Gasteiger partial charge in [-0.1, -0.05) is 132 Å². The Hall–Kier alpha value is -6.79. The van der Waals surface area contributed by atoms with E-state index in [2.05, 4.69) is 60.0 Å². The molecule has 0 atom stereocenters. The van der Waals surface area contributed by atoms with Gasteiger partial charge in [0.1, 0.15) is 0 Å². The number of aryl methyl sites for hydroxylation is 2. The maximum Gasteiger partial charge on any atom is 0.416 e. The average Bonchev–Trinajstić information content (AvgIpc) is 3.53. The third-order valence-corrected chi connectivity index (χ3v) is 10.1. The van der Waals surface area contributed by atoms with Gasteiger partial charge >= 0.3 is 6.18 Å². The summed E-state index contributed by atoms with van der Waals surface area (Å²) in [5.74, 6) is 0.552. The number of nitrogens with zero attached hydrogens (tertiary/aromatic N) is 3. The van der Waals surface area contributed by atoms with Gasteiger partial charge in [0.05, 0.1) is 33.7 Å². The van der Waals surface area contributed by atoms with Crippen LogP contribution in [0.2, 0.25) is 0 Å². The topological polar surface area (TPSA) is 30.7 Å². The van der Waals surface area contributed by atoms with Gasteiger partial charge in [-0.05, 0) is 73.5 Å². The molecule has 0 fully saturated rings. The van der Waals surface area contributed by atoms with E-state index in [9.17, 15) is 13.2 Å². The number of hydrogen-bond acceptors (Lipinski definition) is 2. The Bertz CT molecular complexity index is 2820. The van der Waals surface area contributed by atoms with E-state index in [1.165, 1.54) is 12.1 Å². The molecule has 266 valence electrons. The standard InChI is InChI=1S/C49H34F3N3/c1-31-13-11-18-35(25-31)40-28-37(44-30-43(33-14-5-3-6-15-33)53-48(54-44)34-16-7-4-8-17-34)29-41(36-19-12-20-38(27-36)49(50,51)52)47(40)55-45-22-10-9-21-39(45)42-26-32(2)23-24-46(42)55/h3-30H,1-2H3. The maximum atomic E-state index is 14.4. The fourth-order valence-corrected chi connectivity index (χ4v) is 7.53. The van der Waals surface area contributed by atoms with Gasteiger partial charge < -0.3 is 4.57 Å². The number of alkyl halides is 3. The van der Waals surface area contributed by atoms with Gasteiger partial charge in [0.25, 0.3) is 0 Å². The monoisotopic (exact) mass is 721 g/mol. The van der Waals surface area contributed by atoms with Crippen LogP contribution >= 0.6 is 0 Å². The number of hydrogen-bond donors (Lipinski definition) is 0. The highest BCUT2D eigenvalue weighted by Crippen LogP contribution is 2.45. The normalized spacial score (nSPS) is 11.7. The Morgan fingerprint density at radius 3 is 1.69 bits per heavy atom. The highest BCUT2D eigenvalue weighted by molar-refractivity contribution is 6.11. The van der Waals surface area contributed by atoms with Crippen molar-refractivity contribution < 1.29 is 13.2 Å². The highest BCUT2D eigenvalue weighted by Gasteiger charge is 2.31. The first-order valence-corrected chi connectivity index (χ1v) is 18.1. The van der Waals surface area contributed by atoms with Gasteiger partial charge in [-0.15, -0.1) is 0 Å². The van der Waals surface area contributed by atoms with E-state index in [1.807, 2.05) is 104 Å². The van der Waals surface area contributed by atoms with E-state index in [-0.39, 0.29) is 0 Å². The van der Waals surface area contributed by atoms with Crippen LogP contribution in [0.5, 0.6) is 0 Å². The summed E-state index contributed by atoms with van der Waals surface area (Å²) in [4.78, 5) is 10.2. The summed E-state index contributed by atoms with van der Waals surface area (Å²) in [6.07, 6.45) is -4.53. The Kier molecular flexibility index (Phi) is 8.39. The van der Waals surface area contributed by atoms with Crippen molar-refractivity contribution >= 4 is 21.8 Å². The van der Waals surface area contributed by atoms with E-state index >= 15 is 0 Å². The van der Waals surface area contributed by atoms with Crippen LogP contribution in [0.4, 0.5) is 13.2 Å². The lowest BCUT2D eigenvalue weighted by molar-refractivity contribution is -0.137. The van der Waals surface area contributed by atoms with Crippen LogP contribution in [0, 0.1) is 13.8 Å². The molecule has 0 aliphatic rings. The second-order valence-electron chi connectivity index (χ2n) is 13.9. The van der Waals surface area contributed by atoms with Crippen molar-refractivity contribution in [2.75, 3.05) is 0 Å². The van der Waals surface area contributed by atoms with Crippen LogP contribution < -0.4 is 0 Å². The molecule has 0 aliphatic carbocycles. The van der Waals surface area contributed by atoms with Gasteiger partial charge in [0, 0.05) is 38.6 Å². The van der Waals surface area contributed by atoms with Crippen molar-refractivity contribution in [3.8, 4) is 61.8 Å². The molecule has 0 bridgehead atoms. The lowest BCUT2D eigenvalue weighted by atomic mass is 9.90. The minimum atomic E-state index is -4.53. The van der Waals surface area contributed by atoms with Gasteiger partial charge in [-0.2, -0.15) is 13.2 Å². The largest absolute Gasteiger partial charge is 0.416 e. The number of fused-ring (bicyclic) bond motifs is 3. The minimum absolute atomic E-state index is 0.444. The molecule has 0 N–H and O–H groups in total. The zero-order valence-corrected chi connectivity index (χ0v) is 30.1. The van der Waals surface area contributed by atoms with Crippen molar-refractivity contribution in [3.63, 3.8) is 0 Å². The van der Waals surface area contributed by atoms with Crippen LogP contribution in [-0.2, 0) is 6.18 Å². The molecule has 0 saturated heterocycles. The van der Waals surface area contributed by atoms with E-state index in [4.69, 9.17) is 9.97 Å². The van der Waals surface area contributed by atoms with Crippen LogP contribution in [0.1, 0.15) is 16.7 Å². The molecule has 7 aromatic carbocycles. The van der Waals surface area contributed by atoms with E-state index in [0.29, 0.717) is 22.6 Å². The second kappa shape index (κ2) is 13.6.